The Bertz CT molecular complexity index is 393. The number of ether oxygens (including phenoxy) is 1. The molecule has 1 unspecified atom stereocenters. The van der Waals surface area contributed by atoms with E-state index in [9.17, 15) is 13.0 Å². The van der Waals surface area contributed by atoms with E-state index in [1.165, 1.54) is 0 Å². The largest absolute Gasteiger partial charge is 0.370 e. The summed E-state index contributed by atoms with van der Waals surface area (Å²) < 4.78 is 48.2. The van der Waals surface area contributed by atoms with Crippen molar-refractivity contribution in [2.45, 2.75) is 5.25 Å². The normalized spacial score (nSPS) is 14.1. The zero-order valence-corrected chi connectivity index (χ0v) is 9.70. The van der Waals surface area contributed by atoms with Gasteiger partial charge in [-0.1, -0.05) is 42.5 Å². The Labute approximate surface area is 100 Å². The molecule has 0 fully saturated rings. The van der Waals surface area contributed by atoms with Crippen molar-refractivity contribution in [1.29, 1.82) is 0 Å². The number of halogens is 2. The van der Waals surface area contributed by atoms with E-state index in [1.54, 1.807) is 12.2 Å². The smallest absolute Gasteiger partial charge is 0.367 e. The molecule has 0 aliphatic rings. The van der Waals surface area contributed by atoms with E-state index in [-0.39, 0.29) is 6.61 Å². The molecule has 6 heteroatoms. The summed E-state index contributed by atoms with van der Waals surface area (Å²) >= 11 is -3.20. The van der Waals surface area contributed by atoms with Gasteiger partial charge in [0.05, 0.1) is 6.61 Å². The lowest BCUT2D eigenvalue weighted by molar-refractivity contribution is -0.00698. The topological polar surface area (TPSA) is 46.5 Å². The fourth-order valence-corrected chi connectivity index (χ4v) is 1.23. The van der Waals surface area contributed by atoms with Crippen LogP contribution in [0.4, 0.5) is 8.78 Å². The Kier molecular flexibility index (Phi) is 5.40. The van der Waals surface area contributed by atoms with Crippen molar-refractivity contribution in [3.8, 4) is 0 Å². The van der Waals surface area contributed by atoms with Crippen molar-refractivity contribution < 1.29 is 22.3 Å². The van der Waals surface area contributed by atoms with Crippen LogP contribution in [0.2, 0.25) is 0 Å². The Morgan fingerprint density at radius 1 is 1.35 bits per heavy atom. The number of hydrogen-bond donors (Lipinski definition) is 1. The summed E-state index contributed by atoms with van der Waals surface area (Å²) in [7, 11) is 0. The number of benzene rings is 1. The van der Waals surface area contributed by atoms with E-state index in [4.69, 9.17) is 4.55 Å². The fourth-order valence-electron chi connectivity index (χ4n) is 1.04. The third-order valence-corrected chi connectivity index (χ3v) is 2.48. The van der Waals surface area contributed by atoms with E-state index in [0.29, 0.717) is 0 Å². The molecule has 17 heavy (non-hydrogen) atoms. The minimum atomic E-state index is -3.72. The van der Waals surface area contributed by atoms with Gasteiger partial charge in [0.15, 0.2) is 0 Å². The molecule has 0 radical (unpaired) electrons. The minimum absolute atomic E-state index is 0.0400. The summed E-state index contributed by atoms with van der Waals surface area (Å²) in [5, 5.41) is -3.72. The van der Waals surface area contributed by atoms with Gasteiger partial charge in [0, 0.05) is 0 Å². The maximum Gasteiger partial charge on any atom is 0.367 e. The molecule has 0 aliphatic carbocycles. The van der Waals surface area contributed by atoms with Crippen molar-refractivity contribution in [3.05, 3.63) is 42.0 Å². The highest BCUT2D eigenvalue weighted by molar-refractivity contribution is 7.80. The van der Waals surface area contributed by atoms with Crippen LogP contribution in [0, 0.1) is 0 Å². The second-order valence-corrected chi connectivity index (χ2v) is 4.31. The van der Waals surface area contributed by atoms with Crippen LogP contribution in [0.25, 0.3) is 6.08 Å². The summed E-state index contributed by atoms with van der Waals surface area (Å²) in [5.74, 6) is 0. The molecule has 0 saturated carbocycles. The van der Waals surface area contributed by atoms with Gasteiger partial charge in [-0.25, -0.2) is 4.21 Å². The van der Waals surface area contributed by atoms with Crippen LogP contribution >= 0.6 is 0 Å². The highest BCUT2D eigenvalue weighted by atomic mass is 32.2. The molecule has 0 heterocycles. The first-order valence-electron chi connectivity index (χ1n) is 4.80. The van der Waals surface area contributed by atoms with E-state index >= 15 is 0 Å². The molecular formula is C11H12F2O3S. The van der Waals surface area contributed by atoms with Gasteiger partial charge in [0.1, 0.15) is 6.61 Å². The minimum Gasteiger partial charge on any atom is -0.370 e. The second-order valence-electron chi connectivity index (χ2n) is 3.21. The molecule has 0 amide bonds. The maximum absolute atomic E-state index is 12.6. The monoisotopic (exact) mass is 262 g/mol. The van der Waals surface area contributed by atoms with Gasteiger partial charge >= 0.3 is 5.25 Å². The SMILES string of the molecule is O=S(O)C(F)(F)COC/C=C/c1ccccc1. The average molecular weight is 262 g/mol. The lowest BCUT2D eigenvalue weighted by atomic mass is 10.2. The van der Waals surface area contributed by atoms with E-state index in [2.05, 4.69) is 4.74 Å². The molecule has 1 N–H and O–H groups in total. The molecule has 3 nitrogen and oxygen atoms in total. The molecule has 0 aromatic heterocycles. The van der Waals surface area contributed by atoms with Crippen molar-refractivity contribution in [3.63, 3.8) is 0 Å². The lowest BCUT2D eigenvalue weighted by Crippen LogP contribution is -2.28. The summed E-state index contributed by atoms with van der Waals surface area (Å²) in [5.41, 5.74) is 0.925. The van der Waals surface area contributed by atoms with Crippen LogP contribution < -0.4 is 0 Å². The van der Waals surface area contributed by atoms with Crippen LogP contribution in [0.5, 0.6) is 0 Å². The summed E-state index contributed by atoms with van der Waals surface area (Å²) in [6.07, 6.45) is 3.28. The Morgan fingerprint density at radius 2 is 2.00 bits per heavy atom. The molecule has 1 rings (SSSR count). The molecule has 1 atom stereocenters. The molecule has 1 aromatic rings. The van der Waals surface area contributed by atoms with Gasteiger partial charge in [0.25, 0.3) is 0 Å². The van der Waals surface area contributed by atoms with Gasteiger partial charge in [-0.05, 0) is 5.56 Å². The summed E-state index contributed by atoms with van der Waals surface area (Å²) in [4.78, 5) is 0. The molecule has 94 valence electrons. The predicted molar refractivity (Wildman–Crippen MR) is 62.0 cm³/mol. The Hall–Kier alpha value is -1.11. The van der Waals surface area contributed by atoms with Crippen LogP contribution in [0.15, 0.2) is 36.4 Å². The van der Waals surface area contributed by atoms with Gasteiger partial charge in [-0.2, -0.15) is 8.78 Å². The zero-order valence-electron chi connectivity index (χ0n) is 8.88. The van der Waals surface area contributed by atoms with E-state index in [1.807, 2.05) is 30.3 Å². The predicted octanol–water partition coefficient (Wildman–Crippen LogP) is 2.53. The van der Waals surface area contributed by atoms with Gasteiger partial charge < -0.3 is 9.29 Å². The molecule has 0 aliphatic heterocycles. The van der Waals surface area contributed by atoms with Gasteiger partial charge in [0.2, 0.25) is 11.1 Å². The summed E-state index contributed by atoms with van der Waals surface area (Å²) in [6.45, 7) is -1.11. The fraction of sp³-hybridized carbons (Fsp3) is 0.273. The molecule has 1 aromatic carbocycles. The van der Waals surface area contributed by atoms with Crippen molar-refractivity contribution >= 4 is 17.2 Å². The first-order chi connectivity index (χ1) is 8.02. The first-order valence-corrected chi connectivity index (χ1v) is 5.91. The van der Waals surface area contributed by atoms with Crippen molar-refractivity contribution in [2.24, 2.45) is 0 Å². The van der Waals surface area contributed by atoms with Gasteiger partial charge in [-0.3, -0.25) is 0 Å². The Morgan fingerprint density at radius 3 is 2.59 bits per heavy atom. The average Bonchev–Trinajstić information content (AvgIpc) is 2.29. The molecule has 0 saturated heterocycles. The van der Waals surface area contributed by atoms with Gasteiger partial charge in [-0.15, -0.1) is 0 Å². The highest BCUT2D eigenvalue weighted by Crippen LogP contribution is 2.17. The maximum atomic E-state index is 12.6. The molecule has 0 bridgehead atoms. The van der Waals surface area contributed by atoms with E-state index < -0.39 is 22.9 Å². The lowest BCUT2D eigenvalue weighted by Gasteiger charge is -2.10. The summed E-state index contributed by atoms with van der Waals surface area (Å²) in [6, 6.07) is 9.28. The first kappa shape index (κ1) is 14.0. The van der Waals surface area contributed by atoms with Crippen LogP contribution in [0.3, 0.4) is 0 Å². The second kappa shape index (κ2) is 6.58. The standard InChI is InChI=1S/C11H12F2O3S/c12-11(13,17(14)15)9-16-8-4-7-10-5-2-1-3-6-10/h1-7H,8-9H2,(H,14,15)/b7-4+. The zero-order chi connectivity index (χ0) is 12.7. The molecular weight excluding hydrogens is 250 g/mol. The highest BCUT2D eigenvalue weighted by Gasteiger charge is 2.36. The molecule has 0 spiro atoms. The number of rotatable bonds is 6. The third-order valence-electron chi connectivity index (χ3n) is 1.85. The van der Waals surface area contributed by atoms with E-state index in [0.717, 1.165) is 5.56 Å². The number of alkyl halides is 2. The van der Waals surface area contributed by atoms with Crippen LogP contribution in [-0.4, -0.2) is 27.2 Å². The van der Waals surface area contributed by atoms with Crippen LogP contribution in [0.1, 0.15) is 5.56 Å². The van der Waals surface area contributed by atoms with Crippen molar-refractivity contribution in [1.82, 2.24) is 0 Å². The quantitative estimate of drug-likeness (QED) is 0.633. The van der Waals surface area contributed by atoms with Crippen molar-refractivity contribution in [2.75, 3.05) is 13.2 Å². The Balaban J connectivity index is 2.30. The van der Waals surface area contributed by atoms with Crippen LogP contribution in [-0.2, 0) is 15.8 Å². The third kappa shape index (κ3) is 5.16. The number of hydrogen-bond acceptors (Lipinski definition) is 2.